The number of carbonyl (C=O) groups is 1. The number of carbonyl (C=O) groups excluding carboxylic acids is 1. The topological polar surface area (TPSA) is 83.6 Å². The Balaban J connectivity index is 2.06. The van der Waals surface area contributed by atoms with Crippen LogP contribution in [-0.2, 0) is 4.79 Å². The van der Waals surface area contributed by atoms with Crippen LogP contribution in [0, 0.1) is 0 Å². The molecule has 0 saturated heterocycles. The van der Waals surface area contributed by atoms with Gasteiger partial charge in [0.25, 0.3) is 5.91 Å². The van der Waals surface area contributed by atoms with E-state index in [0.29, 0.717) is 5.57 Å². The molecule has 0 unspecified atom stereocenters. The van der Waals surface area contributed by atoms with Crippen molar-refractivity contribution in [3.63, 3.8) is 0 Å². The van der Waals surface area contributed by atoms with E-state index >= 15 is 0 Å². The van der Waals surface area contributed by atoms with Crippen molar-refractivity contribution >= 4 is 28.8 Å². The van der Waals surface area contributed by atoms with E-state index < -0.39 is 0 Å². The van der Waals surface area contributed by atoms with Crippen molar-refractivity contribution in [1.82, 2.24) is 20.6 Å². The molecule has 2 aromatic rings. The lowest BCUT2D eigenvalue weighted by molar-refractivity contribution is -0.111. The Kier molecular flexibility index (Phi) is 2.55. The maximum atomic E-state index is 11.6. The molecule has 2 rings (SSSR count). The minimum absolute atomic E-state index is 0.206. The number of amides is 1. The third-order valence-corrected chi connectivity index (χ3v) is 2.60. The second-order valence-electron chi connectivity index (χ2n) is 2.66. The molecule has 0 radical (unpaired) electrons. The highest BCUT2D eigenvalue weighted by atomic mass is 32.1. The van der Waals surface area contributed by atoms with E-state index in [1.165, 1.54) is 11.3 Å². The Bertz CT molecular complexity index is 461. The Labute approximate surface area is 89.0 Å². The summed E-state index contributed by atoms with van der Waals surface area (Å²) in [7, 11) is 0. The van der Waals surface area contributed by atoms with Gasteiger partial charge in [-0.2, -0.15) is 0 Å². The molecule has 76 valence electrons. The maximum absolute atomic E-state index is 11.6. The number of H-pyrrole nitrogens is 1. The van der Waals surface area contributed by atoms with E-state index in [1.807, 2.05) is 17.5 Å². The summed E-state index contributed by atoms with van der Waals surface area (Å²) in [4.78, 5) is 12.4. The van der Waals surface area contributed by atoms with Crippen LogP contribution < -0.4 is 5.32 Å². The van der Waals surface area contributed by atoms with Crippen molar-refractivity contribution in [1.29, 1.82) is 0 Å². The van der Waals surface area contributed by atoms with E-state index in [-0.39, 0.29) is 11.9 Å². The van der Waals surface area contributed by atoms with Crippen molar-refractivity contribution in [3.05, 3.63) is 29.0 Å². The Morgan fingerprint density at radius 3 is 3.07 bits per heavy atom. The molecule has 0 aromatic carbocycles. The number of thiophene rings is 1. The molecule has 7 heteroatoms. The Morgan fingerprint density at radius 2 is 2.47 bits per heavy atom. The van der Waals surface area contributed by atoms with Crippen LogP contribution >= 0.6 is 11.3 Å². The summed E-state index contributed by atoms with van der Waals surface area (Å²) in [6.45, 7) is 3.69. The lowest BCUT2D eigenvalue weighted by Gasteiger charge is -2.01. The molecule has 2 N–H and O–H groups in total. The van der Waals surface area contributed by atoms with Crippen LogP contribution in [0.3, 0.4) is 0 Å². The van der Waals surface area contributed by atoms with Gasteiger partial charge in [0.2, 0.25) is 5.95 Å². The quantitative estimate of drug-likeness (QED) is 0.755. The molecule has 0 saturated carbocycles. The second-order valence-corrected chi connectivity index (χ2v) is 3.61. The maximum Gasteiger partial charge on any atom is 0.258 e. The van der Waals surface area contributed by atoms with Crippen LogP contribution in [-0.4, -0.2) is 26.5 Å². The number of aromatic amines is 1. The van der Waals surface area contributed by atoms with Gasteiger partial charge in [0.1, 0.15) is 0 Å². The van der Waals surface area contributed by atoms with E-state index in [2.05, 4.69) is 32.5 Å². The van der Waals surface area contributed by atoms with Gasteiger partial charge in [-0.05, 0) is 21.9 Å². The first-order valence-corrected chi connectivity index (χ1v) is 4.93. The summed E-state index contributed by atoms with van der Waals surface area (Å²) in [5.74, 6) is -0.117. The molecule has 0 fully saturated rings. The normalized spacial score (nSPS) is 9.87. The lowest BCUT2D eigenvalue weighted by atomic mass is 10.2. The van der Waals surface area contributed by atoms with E-state index in [4.69, 9.17) is 0 Å². The molecule has 15 heavy (non-hydrogen) atoms. The molecule has 0 aliphatic carbocycles. The van der Waals surface area contributed by atoms with Gasteiger partial charge in [0.05, 0.1) is 0 Å². The molecule has 0 spiro atoms. The van der Waals surface area contributed by atoms with Crippen molar-refractivity contribution < 1.29 is 4.79 Å². The standard InChI is InChI=1S/C8H7N5OS/c1-5(6-3-2-4-15-6)7(14)9-8-10-12-13-11-8/h2-4H,1H2,(H2,9,10,11,12,13,14). The van der Waals surface area contributed by atoms with Crippen molar-refractivity contribution in [2.24, 2.45) is 0 Å². The molecular formula is C8H7N5OS. The fourth-order valence-corrected chi connectivity index (χ4v) is 1.65. The van der Waals surface area contributed by atoms with Gasteiger partial charge < -0.3 is 0 Å². The highest BCUT2D eigenvalue weighted by Crippen LogP contribution is 2.19. The summed E-state index contributed by atoms with van der Waals surface area (Å²) in [5, 5.41) is 17.0. The highest BCUT2D eigenvalue weighted by Gasteiger charge is 2.11. The predicted octanol–water partition coefficient (Wildman–Crippen LogP) is 0.913. The smallest absolute Gasteiger partial charge is 0.258 e. The van der Waals surface area contributed by atoms with Gasteiger partial charge in [-0.15, -0.1) is 11.3 Å². The molecule has 2 heterocycles. The molecular weight excluding hydrogens is 214 g/mol. The first-order valence-electron chi connectivity index (χ1n) is 4.05. The highest BCUT2D eigenvalue weighted by molar-refractivity contribution is 7.11. The summed E-state index contributed by atoms with van der Waals surface area (Å²) in [6, 6.07) is 3.68. The molecule has 2 aromatic heterocycles. The molecule has 0 atom stereocenters. The zero-order valence-corrected chi connectivity index (χ0v) is 8.41. The summed E-state index contributed by atoms with van der Waals surface area (Å²) in [6.07, 6.45) is 0. The monoisotopic (exact) mass is 221 g/mol. The molecule has 6 nitrogen and oxygen atoms in total. The second kappa shape index (κ2) is 4.01. The first kappa shape index (κ1) is 9.53. The minimum atomic E-state index is -0.323. The first-order chi connectivity index (χ1) is 7.27. The van der Waals surface area contributed by atoms with Gasteiger partial charge >= 0.3 is 0 Å². The van der Waals surface area contributed by atoms with Crippen LogP contribution in [0.15, 0.2) is 24.1 Å². The molecule has 1 amide bonds. The number of nitrogens with one attached hydrogen (secondary N) is 2. The van der Waals surface area contributed by atoms with Crippen LogP contribution in [0.5, 0.6) is 0 Å². The molecule has 0 aliphatic rings. The van der Waals surface area contributed by atoms with Crippen molar-refractivity contribution in [3.8, 4) is 0 Å². The molecule has 0 aliphatic heterocycles. The predicted molar refractivity (Wildman–Crippen MR) is 56.2 cm³/mol. The van der Waals surface area contributed by atoms with Gasteiger partial charge in [-0.25, -0.2) is 5.10 Å². The average molecular weight is 221 g/mol. The van der Waals surface area contributed by atoms with Gasteiger partial charge in [0.15, 0.2) is 0 Å². The van der Waals surface area contributed by atoms with Crippen LogP contribution in [0.2, 0.25) is 0 Å². The minimum Gasteiger partial charge on any atom is -0.289 e. The fraction of sp³-hybridized carbons (Fsp3) is 0. The van der Waals surface area contributed by atoms with E-state index in [1.54, 1.807) is 0 Å². The van der Waals surface area contributed by atoms with Gasteiger partial charge in [0, 0.05) is 10.5 Å². The average Bonchev–Trinajstić information content (AvgIpc) is 2.88. The van der Waals surface area contributed by atoms with Crippen LogP contribution in [0.4, 0.5) is 5.95 Å². The number of hydrogen-bond donors (Lipinski definition) is 2. The number of aromatic nitrogens is 4. The number of nitrogens with zero attached hydrogens (tertiary/aromatic N) is 3. The van der Waals surface area contributed by atoms with Crippen molar-refractivity contribution in [2.75, 3.05) is 5.32 Å². The van der Waals surface area contributed by atoms with Crippen LogP contribution in [0.1, 0.15) is 4.88 Å². The van der Waals surface area contributed by atoms with Gasteiger partial charge in [-0.3, -0.25) is 10.1 Å². The summed E-state index contributed by atoms with van der Waals surface area (Å²) >= 11 is 1.45. The lowest BCUT2D eigenvalue weighted by Crippen LogP contribution is -2.13. The number of anilines is 1. The van der Waals surface area contributed by atoms with Gasteiger partial charge in [-0.1, -0.05) is 17.7 Å². The SMILES string of the molecule is C=C(C(=O)Nc1nnn[nH]1)c1cccs1. The molecule has 0 bridgehead atoms. The van der Waals surface area contributed by atoms with E-state index in [0.717, 1.165) is 4.88 Å². The van der Waals surface area contributed by atoms with Crippen LogP contribution in [0.25, 0.3) is 5.57 Å². The zero-order chi connectivity index (χ0) is 10.7. The Hall–Kier alpha value is -2.02. The number of rotatable bonds is 3. The third-order valence-electron chi connectivity index (χ3n) is 1.67. The number of hydrogen-bond acceptors (Lipinski definition) is 5. The largest absolute Gasteiger partial charge is 0.289 e. The summed E-state index contributed by atoms with van der Waals surface area (Å²) < 4.78 is 0. The van der Waals surface area contributed by atoms with E-state index in [9.17, 15) is 4.79 Å². The Morgan fingerprint density at radius 1 is 1.60 bits per heavy atom. The summed E-state index contributed by atoms with van der Waals surface area (Å²) in [5.41, 5.74) is 0.390. The third kappa shape index (κ3) is 2.08. The van der Waals surface area contributed by atoms with Crippen molar-refractivity contribution in [2.45, 2.75) is 0 Å². The fourth-order valence-electron chi connectivity index (χ4n) is 0.957. The zero-order valence-electron chi connectivity index (χ0n) is 7.60. The number of tetrazole rings is 1.